The average Bonchev–Trinajstić information content (AvgIpc) is 1.76. The molecule has 1 amide bonds. The van der Waals surface area contributed by atoms with Crippen LogP contribution in [0, 0.1) is 22.2 Å². The Labute approximate surface area is 507 Å². The van der Waals surface area contributed by atoms with Gasteiger partial charge in [0.2, 0.25) is 12.0 Å². The van der Waals surface area contributed by atoms with Crippen LogP contribution in [0.1, 0.15) is 138 Å². The van der Waals surface area contributed by atoms with Crippen LogP contribution in [-0.2, 0) is 53.7 Å². The molecule has 17 nitrogen and oxygen atoms in total. The summed E-state index contributed by atoms with van der Waals surface area (Å²) in [6.45, 7) is 20.7. The molecular weight excluding hydrogens is 1090 g/mol. The van der Waals surface area contributed by atoms with Crippen molar-refractivity contribution in [3.8, 4) is 5.75 Å². The van der Waals surface area contributed by atoms with Crippen LogP contribution in [0.4, 0.5) is 16.2 Å². The third-order valence-corrected chi connectivity index (χ3v) is 21.0. The first-order valence-electron chi connectivity index (χ1n) is 30.9. The van der Waals surface area contributed by atoms with Crippen molar-refractivity contribution in [1.29, 1.82) is 0 Å². The number of para-hydroxylation sites is 1. The maximum Gasteiger partial charge on any atom is 0.509 e. The number of aliphatic hydroxyl groups is 2. The van der Waals surface area contributed by atoms with Gasteiger partial charge >= 0.3 is 24.1 Å². The molecule has 464 valence electrons. The summed E-state index contributed by atoms with van der Waals surface area (Å²) in [5.74, 6) is -2.41. The smallest absolute Gasteiger partial charge is 0.496 e. The highest BCUT2D eigenvalue weighted by atomic mass is 16.7. The third kappa shape index (κ3) is 10.3. The van der Waals surface area contributed by atoms with Gasteiger partial charge in [-0.15, -0.1) is 0 Å². The number of benzene rings is 2. The number of hydrogen-bond donors (Lipinski definition) is 3. The molecule has 0 aromatic heterocycles. The lowest BCUT2D eigenvalue weighted by Gasteiger charge is -2.63. The van der Waals surface area contributed by atoms with Gasteiger partial charge < -0.3 is 48.9 Å². The highest BCUT2D eigenvalue weighted by Gasteiger charge is 2.81. The van der Waals surface area contributed by atoms with Crippen LogP contribution in [0.15, 0.2) is 113 Å². The molecule has 1 spiro atoms. The molecule has 2 aromatic carbocycles. The van der Waals surface area contributed by atoms with Gasteiger partial charge in [0.15, 0.2) is 6.10 Å². The first-order chi connectivity index (χ1) is 40.9. The second-order valence-corrected chi connectivity index (χ2v) is 27.1. The van der Waals surface area contributed by atoms with Crippen molar-refractivity contribution in [3.05, 3.63) is 124 Å². The zero-order chi connectivity index (χ0) is 61.9. The van der Waals surface area contributed by atoms with Crippen LogP contribution >= 0.6 is 0 Å². The number of anilines is 2. The van der Waals surface area contributed by atoms with Crippen molar-refractivity contribution in [2.24, 2.45) is 22.2 Å². The number of ether oxygens (including phenoxy) is 6. The van der Waals surface area contributed by atoms with Crippen molar-refractivity contribution in [3.63, 3.8) is 0 Å². The van der Waals surface area contributed by atoms with Crippen LogP contribution in [0.2, 0.25) is 0 Å². The Morgan fingerprint density at radius 1 is 0.814 bits per heavy atom. The summed E-state index contributed by atoms with van der Waals surface area (Å²) in [6, 6.07) is 11.4. The second kappa shape index (κ2) is 23.5. The number of carbonyl (C=O) groups excluding carboxylic acids is 5. The lowest BCUT2D eigenvalue weighted by molar-refractivity contribution is -0.228. The molecule has 17 heteroatoms. The van der Waals surface area contributed by atoms with Crippen molar-refractivity contribution in [2.45, 2.75) is 179 Å². The number of nitrogens with one attached hydrogen (secondary N) is 1. The van der Waals surface area contributed by atoms with E-state index in [2.05, 4.69) is 81.0 Å². The zero-order valence-corrected chi connectivity index (χ0v) is 52.5. The largest absolute Gasteiger partial charge is 0.509 e. The number of rotatable bonds is 15. The van der Waals surface area contributed by atoms with Gasteiger partial charge in [0.05, 0.1) is 39.2 Å². The molecule has 5 aliphatic heterocycles. The summed E-state index contributed by atoms with van der Waals surface area (Å²) >= 11 is 0. The molecule has 3 N–H and O–H groups in total. The molecule has 5 heterocycles. The number of fused-ring (bicyclic) bond motifs is 3. The molecule has 3 fully saturated rings. The topological polar surface area (TPSA) is 203 Å². The van der Waals surface area contributed by atoms with E-state index in [4.69, 9.17) is 28.4 Å². The first kappa shape index (κ1) is 62.5. The molecular formula is C69H90N4O13. The monoisotopic (exact) mass is 1180 g/mol. The second-order valence-electron chi connectivity index (χ2n) is 27.1. The lowest BCUT2D eigenvalue weighted by Crippen LogP contribution is -2.81. The predicted molar refractivity (Wildman–Crippen MR) is 327 cm³/mol. The van der Waals surface area contributed by atoms with Crippen LogP contribution in [-0.4, -0.2) is 146 Å². The van der Waals surface area contributed by atoms with Crippen molar-refractivity contribution >= 4 is 41.8 Å². The van der Waals surface area contributed by atoms with Crippen LogP contribution in [0.25, 0.3) is 0 Å². The van der Waals surface area contributed by atoms with Gasteiger partial charge in [-0.05, 0) is 130 Å². The zero-order valence-electron chi connectivity index (χ0n) is 52.5. The van der Waals surface area contributed by atoms with Crippen molar-refractivity contribution < 1.29 is 62.6 Å². The summed E-state index contributed by atoms with van der Waals surface area (Å²) in [4.78, 5) is 78.2. The van der Waals surface area contributed by atoms with Gasteiger partial charge in [-0.1, -0.05) is 113 Å². The van der Waals surface area contributed by atoms with Gasteiger partial charge in [-0.3, -0.25) is 24.2 Å². The summed E-state index contributed by atoms with van der Waals surface area (Å²) < 4.78 is 37.1. The van der Waals surface area contributed by atoms with E-state index in [9.17, 15) is 29.4 Å². The molecule has 2 saturated heterocycles. The molecule has 8 aliphatic rings. The molecule has 1 unspecified atom stereocenters. The number of esters is 3. The standard InChI is InChI=1S/C69H90N4O13/c1-13-65(86-62(79)85-49-33-44(4)51(64(8,9)39-49)25-19-18-24-50-43(3)32-48(76)38-63(50,6)7)36-46-37-68(60(77)82-11,56(26-20-29-71(40-46)41-65)70-47-22-16-15-17-23-47)53-34-52-54(35-55(53)81-10)73(42-74)58-67(52)28-31-72-30-21-27-66(14-2,57(67)72)59(84-45(5)75)69(58,80)61(78)83-12/h15-19,21-27,34-35,42,46,48-49,57-59,70,76,80H,13-14,20,28-33,36-41H2,1-12H3/t46-,48-,49-,57+,58-,59-,65+,66-,67-,68+,69+/m1/s1. The number of aliphatic hydroxyl groups excluding tert-OH is 1. The lowest BCUT2D eigenvalue weighted by atomic mass is 9.47. The normalized spacial score (nSPS) is 34.4. The van der Waals surface area contributed by atoms with Crippen LogP contribution in [0.3, 0.4) is 0 Å². The van der Waals surface area contributed by atoms with Gasteiger partial charge in [-0.2, -0.15) is 0 Å². The molecule has 2 bridgehead atoms. The molecule has 3 aliphatic carbocycles. The Morgan fingerprint density at radius 3 is 2.12 bits per heavy atom. The van der Waals surface area contributed by atoms with Crippen molar-refractivity contribution in [1.82, 2.24) is 9.80 Å². The highest BCUT2D eigenvalue weighted by Crippen LogP contribution is 2.68. The van der Waals surface area contributed by atoms with E-state index in [1.165, 1.54) is 49.9 Å². The Balaban J connectivity index is 1.03. The summed E-state index contributed by atoms with van der Waals surface area (Å²) in [5.41, 5.74) is -0.622. The van der Waals surface area contributed by atoms with Crippen molar-refractivity contribution in [2.75, 3.05) is 64.3 Å². The molecule has 12 atom stereocenters. The van der Waals surface area contributed by atoms with Gasteiger partial charge in [0.1, 0.15) is 22.9 Å². The van der Waals surface area contributed by atoms with Gasteiger partial charge in [0.25, 0.3) is 0 Å². The molecule has 2 aromatic rings. The van der Waals surface area contributed by atoms with E-state index < -0.39 is 75.8 Å². The quantitative estimate of drug-likeness (QED) is 0.0499. The fourth-order valence-electron chi connectivity index (χ4n) is 17.9. The van der Waals surface area contributed by atoms with Gasteiger partial charge in [0, 0.05) is 79.4 Å². The Morgan fingerprint density at radius 2 is 1.50 bits per heavy atom. The SMILES string of the molecule is CC[C@]1(OC(=O)O[C@@H]2CC(C)=C(C=CC=CC3=C(C)C[C@@H](O)CC3(C)C)C(C)(C)C2)C[C@H]2CN(CCC=C(Nc3ccccc3)[C@@](C(=O)OC)(c3cc4c(cc3OC)N(C=O)[C@H]3[C@@](O)(C(=O)OC)[C@H](OC(C)=O)[C@]5(CC)C=CCN6CC[C@]43[C@@H]65)C2)C1. The van der Waals surface area contributed by atoms with E-state index in [0.717, 1.165) is 17.7 Å². The van der Waals surface area contributed by atoms with Crippen LogP contribution in [0.5, 0.6) is 5.75 Å². The number of nitrogens with zero attached hydrogens (tertiary/aromatic N) is 3. The number of hydrogen-bond acceptors (Lipinski definition) is 16. The fraction of sp³-hybridized carbons (Fsp3) is 0.580. The number of amides is 1. The summed E-state index contributed by atoms with van der Waals surface area (Å²) in [7, 11) is 4.05. The van der Waals surface area contributed by atoms with E-state index in [1.54, 1.807) is 6.07 Å². The summed E-state index contributed by atoms with van der Waals surface area (Å²) in [5, 5.41) is 27.7. The average molecular weight is 1180 g/mol. The first-order valence-corrected chi connectivity index (χ1v) is 30.9. The molecule has 86 heavy (non-hydrogen) atoms. The summed E-state index contributed by atoms with van der Waals surface area (Å²) in [6.07, 6.45) is 16.9. The molecule has 10 rings (SSSR count). The third-order valence-electron chi connectivity index (χ3n) is 21.0. The number of piperidine rings is 1. The van der Waals surface area contributed by atoms with Gasteiger partial charge in [-0.25, -0.2) is 9.59 Å². The predicted octanol–water partition coefficient (Wildman–Crippen LogP) is 10.1. The van der Waals surface area contributed by atoms with Crippen LogP contribution < -0.4 is 15.0 Å². The van der Waals surface area contributed by atoms with E-state index >= 15 is 4.79 Å². The maximum absolute atomic E-state index is 15.8. The minimum absolute atomic E-state index is 0.123. The van der Waals surface area contributed by atoms with E-state index in [1.807, 2.05) is 68.5 Å². The Bertz CT molecular complexity index is 3200. The minimum atomic E-state index is -2.59. The minimum Gasteiger partial charge on any atom is -0.496 e. The molecule has 0 radical (unpaired) electrons. The van der Waals surface area contributed by atoms with E-state index in [-0.39, 0.29) is 35.0 Å². The maximum atomic E-state index is 15.8. The number of methoxy groups -OCH3 is 3. The fourth-order valence-corrected chi connectivity index (χ4v) is 17.9. The highest BCUT2D eigenvalue weighted by molar-refractivity contribution is 5.95. The number of allylic oxidation sites excluding steroid dienone is 6. The number of carbonyl (C=O) groups is 5. The Hall–Kier alpha value is -6.53. The van der Waals surface area contributed by atoms with E-state index in [0.29, 0.717) is 113 Å². The Kier molecular flexibility index (Phi) is 17.1. The molecule has 1 saturated carbocycles.